The number of aromatic nitrogens is 2. The fraction of sp³-hybridized carbons (Fsp3) is 0.375. The molecule has 0 bridgehead atoms. The third-order valence-electron chi connectivity index (χ3n) is 3.99. The van der Waals surface area contributed by atoms with Gasteiger partial charge in [-0.15, -0.1) is 0 Å². The van der Waals surface area contributed by atoms with E-state index in [0.29, 0.717) is 16.7 Å². The van der Waals surface area contributed by atoms with Gasteiger partial charge in [0.15, 0.2) is 0 Å². The van der Waals surface area contributed by atoms with Gasteiger partial charge in [-0.2, -0.15) is 0 Å². The van der Waals surface area contributed by atoms with E-state index in [1.807, 2.05) is 32.0 Å². The second-order valence-corrected chi connectivity index (χ2v) is 6.20. The molecule has 1 aromatic heterocycles. The van der Waals surface area contributed by atoms with Crippen LogP contribution in [0.4, 0.5) is 5.82 Å². The summed E-state index contributed by atoms with van der Waals surface area (Å²) in [4.78, 5) is 10.9. The highest BCUT2D eigenvalue weighted by Crippen LogP contribution is 2.31. The van der Waals surface area contributed by atoms with Crippen molar-refractivity contribution in [1.82, 2.24) is 9.97 Å². The van der Waals surface area contributed by atoms with E-state index in [-0.39, 0.29) is 6.10 Å². The van der Waals surface area contributed by atoms with Gasteiger partial charge in [-0.3, -0.25) is 0 Å². The Balaban J connectivity index is 1.85. The predicted octanol–water partition coefficient (Wildman–Crippen LogP) is 3.98. The van der Waals surface area contributed by atoms with Crippen LogP contribution in [0, 0.1) is 13.8 Å². The second-order valence-electron chi connectivity index (χ2n) is 5.39. The zero-order chi connectivity index (χ0) is 15.7. The molecule has 0 spiro atoms. The first-order valence-corrected chi connectivity index (χ1v) is 7.91. The number of benzene rings is 1. The van der Waals surface area contributed by atoms with Crippen LogP contribution in [0.15, 0.2) is 24.5 Å². The molecule has 0 saturated carbocycles. The Bertz CT molecular complexity index is 693. The Kier molecular flexibility index (Phi) is 4.52. The van der Waals surface area contributed by atoms with Crippen LogP contribution < -0.4 is 4.90 Å². The lowest BCUT2D eigenvalue weighted by Crippen LogP contribution is -2.39. The van der Waals surface area contributed by atoms with Gasteiger partial charge in [0, 0.05) is 24.3 Å². The molecule has 1 aliphatic heterocycles. The quantitative estimate of drug-likeness (QED) is 0.830. The van der Waals surface area contributed by atoms with Crippen LogP contribution in [0.2, 0.25) is 10.0 Å². The molecule has 3 rings (SSSR count). The zero-order valence-corrected chi connectivity index (χ0v) is 14.0. The van der Waals surface area contributed by atoms with Gasteiger partial charge in [0.2, 0.25) is 0 Å². The van der Waals surface area contributed by atoms with Gasteiger partial charge in [-0.1, -0.05) is 29.3 Å². The SMILES string of the molecule is Cc1ncnc(N2CCO[C@H](c3ccc(Cl)c(Cl)c3)C2)c1C. The molecular formula is C16H17Cl2N3O. The summed E-state index contributed by atoms with van der Waals surface area (Å²) in [7, 11) is 0. The standard InChI is InChI=1S/C16H17Cl2N3O/c1-10-11(2)19-9-20-16(10)21-5-6-22-15(8-21)12-3-4-13(17)14(18)7-12/h3-4,7,9,15H,5-6,8H2,1-2H3/t15-/m0/s1. The zero-order valence-electron chi connectivity index (χ0n) is 12.5. The first-order chi connectivity index (χ1) is 10.6. The number of halogens is 2. The summed E-state index contributed by atoms with van der Waals surface area (Å²) in [6, 6.07) is 5.64. The van der Waals surface area contributed by atoms with Crippen molar-refractivity contribution in [3.05, 3.63) is 51.4 Å². The minimum Gasteiger partial charge on any atom is -0.370 e. The highest BCUT2D eigenvalue weighted by Gasteiger charge is 2.24. The average molecular weight is 338 g/mol. The van der Waals surface area contributed by atoms with E-state index < -0.39 is 0 Å². The summed E-state index contributed by atoms with van der Waals surface area (Å²) in [6.45, 7) is 6.24. The molecular weight excluding hydrogens is 321 g/mol. The molecule has 1 atom stereocenters. The Hall–Kier alpha value is -1.36. The summed E-state index contributed by atoms with van der Waals surface area (Å²) in [5.74, 6) is 0.973. The molecule has 2 aromatic rings. The van der Waals surface area contributed by atoms with Gasteiger partial charge in [-0.25, -0.2) is 9.97 Å². The van der Waals surface area contributed by atoms with Crippen LogP contribution in [0.5, 0.6) is 0 Å². The van der Waals surface area contributed by atoms with Crippen LogP contribution in [0.25, 0.3) is 0 Å². The number of morpholine rings is 1. The molecule has 0 radical (unpaired) electrons. The summed E-state index contributed by atoms with van der Waals surface area (Å²) in [5.41, 5.74) is 3.14. The van der Waals surface area contributed by atoms with Gasteiger partial charge >= 0.3 is 0 Å². The Morgan fingerprint density at radius 1 is 1.18 bits per heavy atom. The lowest BCUT2D eigenvalue weighted by atomic mass is 10.1. The molecule has 4 nitrogen and oxygen atoms in total. The van der Waals surface area contributed by atoms with Crippen molar-refractivity contribution in [2.45, 2.75) is 20.0 Å². The largest absolute Gasteiger partial charge is 0.370 e. The lowest BCUT2D eigenvalue weighted by Gasteiger charge is -2.34. The minimum atomic E-state index is -0.0433. The minimum absolute atomic E-state index is 0.0433. The lowest BCUT2D eigenvalue weighted by molar-refractivity contribution is 0.0395. The van der Waals surface area contributed by atoms with E-state index in [1.165, 1.54) is 0 Å². The van der Waals surface area contributed by atoms with Gasteiger partial charge in [0.1, 0.15) is 18.2 Å². The van der Waals surface area contributed by atoms with Crippen molar-refractivity contribution < 1.29 is 4.74 Å². The van der Waals surface area contributed by atoms with Crippen molar-refractivity contribution in [3.8, 4) is 0 Å². The van der Waals surface area contributed by atoms with Gasteiger partial charge in [0.05, 0.1) is 16.7 Å². The van der Waals surface area contributed by atoms with Crippen LogP contribution in [0.1, 0.15) is 22.9 Å². The molecule has 1 fully saturated rings. The Morgan fingerprint density at radius 3 is 2.77 bits per heavy atom. The molecule has 0 N–H and O–H groups in total. The van der Waals surface area contributed by atoms with E-state index in [4.69, 9.17) is 27.9 Å². The van der Waals surface area contributed by atoms with Crippen molar-refractivity contribution in [2.75, 3.05) is 24.6 Å². The Morgan fingerprint density at radius 2 is 2.00 bits per heavy atom. The molecule has 116 valence electrons. The molecule has 0 amide bonds. The summed E-state index contributed by atoms with van der Waals surface area (Å²) >= 11 is 12.1. The highest BCUT2D eigenvalue weighted by molar-refractivity contribution is 6.42. The van der Waals surface area contributed by atoms with Crippen LogP contribution in [0.3, 0.4) is 0 Å². The molecule has 22 heavy (non-hydrogen) atoms. The van der Waals surface area contributed by atoms with E-state index in [0.717, 1.165) is 35.7 Å². The third kappa shape index (κ3) is 3.05. The number of aryl methyl sites for hydroxylation is 1. The number of ether oxygens (including phenoxy) is 1. The first kappa shape index (κ1) is 15.5. The fourth-order valence-corrected chi connectivity index (χ4v) is 2.91. The van der Waals surface area contributed by atoms with Crippen molar-refractivity contribution in [2.24, 2.45) is 0 Å². The smallest absolute Gasteiger partial charge is 0.135 e. The normalized spacial score (nSPS) is 18.5. The summed E-state index contributed by atoms with van der Waals surface area (Å²) in [6.07, 6.45) is 1.57. The topological polar surface area (TPSA) is 38.2 Å². The molecule has 1 aromatic carbocycles. The van der Waals surface area contributed by atoms with Crippen molar-refractivity contribution in [3.63, 3.8) is 0 Å². The second kappa shape index (κ2) is 6.41. The van der Waals surface area contributed by atoms with E-state index in [2.05, 4.69) is 14.9 Å². The molecule has 1 saturated heterocycles. The average Bonchev–Trinajstić information content (AvgIpc) is 2.53. The molecule has 2 heterocycles. The monoisotopic (exact) mass is 337 g/mol. The van der Waals surface area contributed by atoms with Crippen molar-refractivity contribution >= 4 is 29.0 Å². The number of hydrogen-bond acceptors (Lipinski definition) is 4. The maximum atomic E-state index is 6.11. The van der Waals surface area contributed by atoms with Crippen LogP contribution >= 0.6 is 23.2 Å². The number of hydrogen-bond donors (Lipinski definition) is 0. The molecule has 0 unspecified atom stereocenters. The molecule has 1 aliphatic rings. The fourth-order valence-electron chi connectivity index (χ4n) is 2.60. The van der Waals surface area contributed by atoms with Gasteiger partial charge < -0.3 is 9.64 Å². The van der Waals surface area contributed by atoms with Gasteiger partial charge in [0.25, 0.3) is 0 Å². The summed E-state index contributed by atoms with van der Waals surface area (Å²) < 4.78 is 5.89. The van der Waals surface area contributed by atoms with E-state index >= 15 is 0 Å². The number of rotatable bonds is 2. The maximum Gasteiger partial charge on any atom is 0.135 e. The van der Waals surface area contributed by atoms with E-state index in [9.17, 15) is 0 Å². The molecule has 0 aliphatic carbocycles. The van der Waals surface area contributed by atoms with Crippen molar-refractivity contribution in [1.29, 1.82) is 0 Å². The first-order valence-electron chi connectivity index (χ1n) is 7.16. The highest BCUT2D eigenvalue weighted by atomic mass is 35.5. The van der Waals surface area contributed by atoms with Crippen LogP contribution in [-0.2, 0) is 4.74 Å². The Labute approximate surface area is 140 Å². The number of anilines is 1. The third-order valence-corrected chi connectivity index (χ3v) is 4.73. The number of nitrogens with zero attached hydrogens (tertiary/aromatic N) is 3. The van der Waals surface area contributed by atoms with Gasteiger partial charge in [-0.05, 0) is 31.5 Å². The predicted molar refractivity (Wildman–Crippen MR) is 88.9 cm³/mol. The summed E-state index contributed by atoms with van der Waals surface area (Å²) in [5, 5.41) is 1.11. The van der Waals surface area contributed by atoms with Crippen LogP contribution in [-0.4, -0.2) is 29.7 Å². The maximum absolute atomic E-state index is 6.11. The molecule has 6 heteroatoms. The van der Waals surface area contributed by atoms with E-state index in [1.54, 1.807) is 6.33 Å².